The minimum absolute atomic E-state index is 0.0209. The lowest BCUT2D eigenvalue weighted by Gasteiger charge is -2.09. The zero-order valence-corrected chi connectivity index (χ0v) is 14.8. The monoisotopic (exact) mass is 378 g/mol. The molecule has 2 rings (SSSR count). The first kappa shape index (κ1) is 19.5. The van der Waals surface area contributed by atoms with E-state index in [4.69, 9.17) is 4.74 Å². The van der Waals surface area contributed by atoms with Crippen LogP contribution in [0.25, 0.3) is 0 Å². The maximum absolute atomic E-state index is 13.6. The number of esters is 3. The quantitative estimate of drug-likeness (QED) is 0.434. The van der Waals surface area contributed by atoms with Crippen LogP contribution < -0.4 is 4.74 Å². The second-order valence-corrected chi connectivity index (χ2v) is 5.94. The molecular weight excluding hydrogens is 363 g/mol. The summed E-state index contributed by atoms with van der Waals surface area (Å²) in [5.41, 5.74) is 0.0555. The van der Waals surface area contributed by atoms with Gasteiger partial charge in [-0.1, -0.05) is 12.1 Å². The first-order chi connectivity index (χ1) is 12.4. The van der Waals surface area contributed by atoms with E-state index in [0.717, 1.165) is 11.8 Å². The van der Waals surface area contributed by atoms with Gasteiger partial charge in [-0.05, 0) is 30.3 Å². The summed E-state index contributed by atoms with van der Waals surface area (Å²) in [5, 5.41) is 0. The Kier molecular flexibility index (Phi) is 6.74. The van der Waals surface area contributed by atoms with Crippen molar-refractivity contribution in [1.82, 2.24) is 0 Å². The number of ether oxygens (including phenoxy) is 3. The third-order valence-electron chi connectivity index (χ3n) is 3.16. The summed E-state index contributed by atoms with van der Waals surface area (Å²) in [6, 6.07) is 9.83. The van der Waals surface area contributed by atoms with Crippen LogP contribution in [0.5, 0.6) is 5.75 Å². The van der Waals surface area contributed by atoms with Crippen molar-refractivity contribution < 1.29 is 33.0 Å². The second kappa shape index (κ2) is 9.00. The fraction of sp³-hybridized carbons (Fsp3) is 0.167. The van der Waals surface area contributed by atoms with E-state index < -0.39 is 23.7 Å². The molecule has 0 aliphatic heterocycles. The highest BCUT2D eigenvalue weighted by atomic mass is 32.2. The molecule has 2 aromatic carbocycles. The molecule has 6 nitrogen and oxygen atoms in total. The summed E-state index contributed by atoms with van der Waals surface area (Å²) in [4.78, 5) is 35.7. The molecule has 136 valence electrons. The molecule has 0 radical (unpaired) electrons. The fourth-order valence-corrected chi connectivity index (χ4v) is 2.70. The SMILES string of the molecule is COC(=O)c1cc(OC(=O)CSc2ccccc2F)cc(C(=O)OC)c1. The Labute approximate surface area is 153 Å². The molecule has 0 amide bonds. The largest absolute Gasteiger partial charge is 0.465 e. The molecule has 0 unspecified atom stereocenters. The van der Waals surface area contributed by atoms with Crippen molar-refractivity contribution in [3.05, 3.63) is 59.4 Å². The Morgan fingerprint density at radius 1 is 0.962 bits per heavy atom. The zero-order chi connectivity index (χ0) is 19.1. The maximum Gasteiger partial charge on any atom is 0.338 e. The van der Waals surface area contributed by atoms with E-state index in [2.05, 4.69) is 9.47 Å². The summed E-state index contributed by atoms with van der Waals surface area (Å²) < 4.78 is 27.9. The van der Waals surface area contributed by atoms with E-state index in [1.165, 1.54) is 38.5 Å². The number of halogens is 1. The number of thioether (sulfide) groups is 1. The Morgan fingerprint density at radius 3 is 2.08 bits per heavy atom. The minimum atomic E-state index is -0.700. The van der Waals surface area contributed by atoms with Crippen molar-refractivity contribution >= 4 is 29.7 Å². The van der Waals surface area contributed by atoms with Crippen molar-refractivity contribution in [2.75, 3.05) is 20.0 Å². The van der Waals surface area contributed by atoms with Gasteiger partial charge in [0.2, 0.25) is 0 Å². The van der Waals surface area contributed by atoms with Crippen LogP contribution in [0.3, 0.4) is 0 Å². The highest BCUT2D eigenvalue weighted by Gasteiger charge is 2.16. The van der Waals surface area contributed by atoms with E-state index in [1.54, 1.807) is 18.2 Å². The van der Waals surface area contributed by atoms with Crippen molar-refractivity contribution in [3.8, 4) is 5.75 Å². The molecule has 0 saturated heterocycles. The second-order valence-electron chi connectivity index (χ2n) is 4.92. The molecule has 8 heteroatoms. The van der Waals surface area contributed by atoms with Crippen molar-refractivity contribution in [1.29, 1.82) is 0 Å². The zero-order valence-electron chi connectivity index (χ0n) is 14.0. The highest BCUT2D eigenvalue weighted by Crippen LogP contribution is 2.23. The third-order valence-corrected chi connectivity index (χ3v) is 4.18. The van der Waals surface area contributed by atoms with Gasteiger partial charge in [-0.15, -0.1) is 11.8 Å². The van der Waals surface area contributed by atoms with Crippen LogP contribution in [0.15, 0.2) is 47.4 Å². The lowest BCUT2D eigenvalue weighted by atomic mass is 10.1. The van der Waals surface area contributed by atoms with Gasteiger partial charge < -0.3 is 14.2 Å². The molecule has 26 heavy (non-hydrogen) atoms. The van der Waals surface area contributed by atoms with Crippen LogP contribution in [-0.4, -0.2) is 37.9 Å². The molecule has 0 spiro atoms. The van der Waals surface area contributed by atoms with Gasteiger partial charge in [-0.3, -0.25) is 4.79 Å². The number of methoxy groups -OCH3 is 2. The fourth-order valence-electron chi connectivity index (χ4n) is 1.99. The van der Waals surface area contributed by atoms with Gasteiger partial charge in [0.05, 0.1) is 31.1 Å². The van der Waals surface area contributed by atoms with Gasteiger partial charge in [-0.2, -0.15) is 0 Å². The molecule has 0 N–H and O–H groups in total. The van der Waals surface area contributed by atoms with E-state index in [0.29, 0.717) is 4.90 Å². The van der Waals surface area contributed by atoms with Crippen LogP contribution in [-0.2, 0) is 14.3 Å². The molecule has 0 atom stereocenters. The number of benzene rings is 2. The summed E-state index contributed by atoms with van der Waals surface area (Å²) in [5.74, 6) is -2.69. The van der Waals surface area contributed by atoms with Crippen LogP contribution in [0.2, 0.25) is 0 Å². The van der Waals surface area contributed by atoms with Gasteiger partial charge in [-0.25, -0.2) is 14.0 Å². The predicted octanol–water partition coefficient (Wildman–Crippen LogP) is 3.10. The number of rotatable bonds is 6. The molecule has 0 saturated carbocycles. The van der Waals surface area contributed by atoms with Gasteiger partial charge in [0, 0.05) is 4.90 Å². The standard InChI is InChI=1S/C18H15FO6S/c1-23-17(21)11-7-12(18(22)24-2)9-13(8-11)25-16(20)10-26-15-6-4-3-5-14(15)19/h3-9H,10H2,1-2H3. The number of hydrogen-bond donors (Lipinski definition) is 0. The van der Waals surface area contributed by atoms with Crippen LogP contribution >= 0.6 is 11.8 Å². The maximum atomic E-state index is 13.6. The molecule has 0 bridgehead atoms. The molecule has 0 aromatic heterocycles. The smallest absolute Gasteiger partial charge is 0.338 e. The summed E-state index contributed by atoms with van der Waals surface area (Å²) >= 11 is 0.972. The molecule has 0 aliphatic rings. The Hall–Kier alpha value is -2.87. The van der Waals surface area contributed by atoms with E-state index >= 15 is 0 Å². The Balaban J connectivity index is 2.14. The van der Waals surface area contributed by atoms with E-state index in [9.17, 15) is 18.8 Å². The van der Waals surface area contributed by atoms with Crippen LogP contribution in [0.1, 0.15) is 20.7 Å². The van der Waals surface area contributed by atoms with E-state index in [-0.39, 0.29) is 22.6 Å². The highest BCUT2D eigenvalue weighted by molar-refractivity contribution is 8.00. The van der Waals surface area contributed by atoms with Gasteiger partial charge in [0.15, 0.2) is 0 Å². The summed E-state index contributed by atoms with van der Waals surface area (Å²) in [7, 11) is 2.37. The predicted molar refractivity (Wildman–Crippen MR) is 91.9 cm³/mol. The number of carbonyl (C=O) groups is 3. The van der Waals surface area contributed by atoms with Gasteiger partial charge >= 0.3 is 17.9 Å². The molecule has 2 aromatic rings. The molecular formula is C18H15FO6S. The number of hydrogen-bond acceptors (Lipinski definition) is 7. The third kappa shape index (κ3) is 5.06. The summed E-state index contributed by atoms with van der Waals surface area (Å²) in [6.45, 7) is 0. The van der Waals surface area contributed by atoms with E-state index in [1.807, 2.05) is 0 Å². The first-order valence-electron chi connectivity index (χ1n) is 7.34. The Bertz CT molecular complexity index is 802. The Morgan fingerprint density at radius 2 is 1.54 bits per heavy atom. The first-order valence-corrected chi connectivity index (χ1v) is 8.33. The average Bonchev–Trinajstić information content (AvgIpc) is 2.65. The molecule has 0 fully saturated rings. The van der Waals surface area contributed by atoms with Gasteiger partial charge in [0.1, 0.15) is 11.6 Å². The van der Waals surface area contributed by atoms with Crippen LogP contribution in [0, 0.1) is 5.82 Å². The molecule has 0 aliphatic carbocycles. The molecule has 0 heterocycles. The van der Waals surface area contributed by atoms with Crippen molar-refractivity contribution in [2.45, 2.75) is 4.90 Å². The van der Waals surface area contributed by atoms with Gasteiger partial charge in [0.25, 0.3) is 0 Å². The number of carbonyl (C=O) groups excluding carboxylic acids is 3. The minimum Gasteiger partial charge on any atom is -0.465 e. The lowest BCUT2D eigenvalue weighted by molar-refractivity contribution is -0.131. The van der Waals surface area contributed by atoms with Crippen molar-refractivity contribution in [3.63, 3.8) is 0 Å². The van der Waals surface area contributed by atoms with Crippen molar-refractivity contribution in [2.24, 2.45) is 0 Å². The topological polar surface area (TPSA) is 78.9 Å². The summed E-state index contributed by atoms with van der Waals surface area (Å²) in [6.07, 6.45) is 0. The lowest BCUT2D eigenvalue weighted by Crippen LogP contribution is -2.13. The van der Waals surface area contributed by atoms with Crippen LogP contribution in [0.4, 0.5) is 4.39 Å². The average molecular weight is 378 g/mol. The normalized spacial score (nSPS) is 10.1.